The van der Waals surface area contributed by atoms with E-state index in [0.29, 0.717) is 13.0 Å². The average molecular weight is 226 g/mol. The zero-order valence-electron chi connectivity index (χ0n) is 9.95. The van der Waals surface area contributed by atoms with E-state index in [1.54, 1.807) is 21.3 Å². The molecular formula is C12H18O4. The summed E-state index contributed by atoms with van der Waals surface area (Å²) in [7, 11) is 4.85. The van der Waals surface area contributed by atoms with Gasteiger partial charge in [0.15, 0.2) is 0 Å². The molecular weight excluding hydrogens is 208 g/mol. The first kappa shape index (κ1) is 12.8. The topological polar surface area (TPSA) is 47.9 Å². The van der Waals surface area contributed by atoms with Crippen LogP contribution in [0.3, 0.4) is 0 Å². The van der Waals surface area contributed by atoms with Crippen LogP contribution in [0.5, 0.6) is 11.5 Å². The third-order valence-electron chi connectivity index (χ3n) is 2.44. The molecule has 0 amide bonds. The van der Waals surface area contributed by atoms with E-state index in [2.05, 4.69) is 0 Å². The SMILES string of the molecule is COCc1c(OC)ccc(OC)c1CCO. The number of hydrogen-bond donors (Lipinski definition) is 1. The van der Waals surface area contributed by atoms with Crippen molar-refractivity contribution in [3.63, 3.8) is 0 Å². The van der Waals surface area contributed by atoms with Gasteiger partial charge in [0.25, 0.3) is 0 Å². The predicted molar refractivity (Wildman–Crippen MR) is 61.0 cm³/mol. The number of aliphatic hydroxyl groups excluding tert-OH is 1. The molecule has 0 unspecified atom stereocenters. The molecule has 0 atom stereocenters. The first-order valence-corrected chi connectivity index (χ1v) is 5.11. The minimum Gasteiger partial charge on any atom is -0.496 e. The molecule has 0 aliphatic carbocycles. The lowest BCUT2D eigenvalue weighted by Gasteiger charge is -2.16. The van der Waals surface area contributed by atoms with Crippen molar-refractivity contribution in [1.82, 2.24) is 0 Å². The van der Waals surface area contributed by atoms with Gasteiger partial charge in [0.05, 0.1) is 20.8 Å². The highest BCUT2D eigenvalue weighted by molar-refractivity contribution is 5.48. The van der Waals surface area contributed by atoms with Gasteiger partial charge in [-0.2, -0.15) is 0 Å². The highest BCUT2D eigenvalue weighted by Crippen LogP contribution is 2.31. The predicted octanol–water partition coefficient (Wildman–Crippen LogP) is 1.39. The molecule has 4 nitrogen and oxygen atoms in total. The molecule has 1 aromatic rings. The monoisotopic (exact) mass is 226 g/mol. The molecule has 1 N–H and O–H groups in total. The summed E-state index contributed by atoms with van der Waals surface area (Å²) in [5, 5.41) is 9.06. The number of ether oxygens (including phenoxy) is 3. The van der Waals surface area contributed by atoms with E-state index in [1.807, 2.05) is 12.1 Å². The summed E-state index contributed by atoms with van der Waals surface area (Å²) < 4.78 is 15.7. The van der Waals surface area contributed by atoms with Crippen LogP contribution in [0.2, 0.25) is 0 Å². The van der Waals surface area contributed by atoms with Gasteiger partial charge >= 0.3 is 0 Å². The summed E-state index contributed by atoms with van der Waals surface area (Å²) in [4.78, 5) is 0. The van der Waals surface area contributed by atoms with Crippen LogP contribution >= 0.6 is 0 Å². The lowest BCUT2D eigenvalue weighted by Crippen LogP contribution is -2.04. The summed E-state index contributed by atoms with van der Waals surface area (Å²) in [6.45, 7) is 0.510. The van der Waals surface area contributed by atoms with Crippen LogP contribution in [0, 0.1) is 0 Å². The van der Waals surface area contributed by atoms with Crippen molar-refractivity contribution >= 4 is 0 Å². The standard InChI is InChI=1S/C12H18O4/c1-14-8-10-9(6-7-13)11(15-2)4-5-12(10)16-3/h4-5,13H,6-8H2,1-3H3. The average Bonchev–Trinajstić information content (AvgIpc) is 2.31. The van der Waals surface area contributed by atoms with E-state index >= 15 is 0 Å². The highest BCUT2D eigenvalue weighted by atomic mass is 16.5. The Hall–Kier alpha value is -1.26. The zero-order valence-corrected chi connectivity index (χ0v) is 9.95. The Morgan fingerprint density at radius 1 is 1.00 bits per heavy atom. The Labute approximate surface area is 95.8 Å². The lowest BCUT2D eigenvalue weighted by atomic mass is 10.0. The molecule has 0 bridgehead atoms. The second-order valence-corrected chi connectivity index (χ2v) is 3.33. The fraction of sp³-hybridized carbons (Fsp3) is 0.500. The Kier molecular flexibility index (Phi) is 5.08. The van der Waals surface area contributed by atoms with Gasteiger partial charge in [0.2, 0.25) is 0 Å². The molecule has 0 aliphatic heterocycles. The van der Waals surface area contributed by atoms with Crippen molar-refractivity contribution < 1.29 is 19.3 Å². The summed E-state index contributed by atoms with van der Waals surface area (Å²) in [5.74, 6) is 1.51. The minimum absolute atomic E-state index is 0.0697. The maximum Gasteiger partial charge on any atom is 0.124 e. The molecule has 1 rings (SSSR count). The fourth-order valence-corrected chi connectivity index (χ4v) is 1.72. The van der Waals surface area contributed by atoms with Crippen molar-refractivity contribution in [2.75, 3.05) is 27.9 Å². The first-order chi connectivity index (χ1) is 7.78. The molecule has 0 saturated carbocycles. The third kappa shape index (κ3) is 2.65. The van der Waals surface area contributed by atoms with Crippen LogP contribution < -0.4 is 9.47 Å². The normalized spacial score (nSPS) is 10.2. The van der Waals surface area contributed by atoms with Gasteiger partial charge in [0, 0.05) is 24.8 Å². The molecule has 0 radical (unpaired) electrons. The Morgan fingerprint density at radius 2 is 1.56 bits per heavy atom. The van der Waals surface area contributed by atoms with E-state index in [9.17, 15) is 0 Å². The van der Waals surface area contributed by atoms with Crippen LogP contribution in [-0.2, 0) is 17.8 Å². The fourth-order valence-electron chi connectivity index (χ4n) is 1.72. The number of methoxy groups -OCH3 is 3. The van der Waals surface area contributed by atoms with E-state index in [0.717, 1.165) is 22.6 Å². The highest BCUT2D eigenvalue weighted by Gasteiger charge is 2.14. The minimum atomic E-state index is 0.0697. The smallest absolute Gasteiger partial charge is 0.124 e. The van der Waals surface area contributed by atoms with Gasteiger partial charge in [-0.05, 0) is 18.6 Å². The third-order valence-corrected chi connectivity index (χ3v) is 2.44. The van der Waals surface area contributed by atoms with Crippen LogP contribution in [0.15, 0.2) is 12.1 Å². The largest absolute Gasteiger partial charge is 0.496 e. The van der Waals surface area contributed by atoms with Gasteiger partial charge in [-0.25, -0.2) is 0 Å². The molecule has 0 fully saturated rings. The van der Waals surface area contributed by atoms with Gasteiger partial charge in [-0.3, -0.25) is 0 Å². The first-order valence-electron chi connectivity index (χ1n) is 5.11. The number of aliphatic hydroxyl groups is 1. The Balaban J connectivity index is 3.22. The van der Waals surface area contributed by atoms with E-state index < -0.39 is 0 Å². The molecule has 0 heterocycles. The van der Waals surface area contributed by atoms with E-state index in [1.165, 1.54) is 0 Å². The van der Waals surface area contributed by atoms with Crippen molar-refractivity contribution in [3.8, 4) is 11.5 Å². The van der Waals surface area contributed by atoms with Crippen molar-refractivity contribution in [2.24, 2.45) is 0 Å². The summed E-state index contributed by atoms with van der Waals surface area (Å²) in [5.41, 5.74) is 1.87. The van der Waals surface area contributed by atoms with Crippen molar-refractivity contribution in [2.45, 2.75) is 13.0 Å². The Bertz CT molecular complexity index is 303. The zero-order chi connectivity index (χ0) is 12.0. The summed E-state index contributed by atoms with van der Waals surface area (Å²) in [6.07, 6.45) is 0.527. The second-order valence-electron chi connectivity index (χ2n) is 3.33. The van der Waals surface area contributed by atoms with Crippen molar-refractivity contribution in [1.29, 1.82) is 0 Å². The summed E-state index contributed by atoms with van der Waals surface area (Å²) >= 11 is 0. The van der Waals surface area contributed by atoms with Crippen LogP contribution in [0.1, 0.15) is 11.1 Å². The van der Waals surface area contributed by atoms with Gasteiger partial charge in [0.1, 0.15) is 11.5 Å². The van der Waals surface area contributed by atoms with Crippen LogP contribution in [-0.4, -0.2) is 33.0 Å². The molecule has 16 heavy (non-hydrogen) atoms. The molecule has 0 spiro atoms. The van der Waals surface area contributed by atoms with Crippen LogP contribution in [0.25, 0.3) is 0 Å². The second kappa shape index (κ2) is 6.35. The number of hydrogen-bond acceptors (Lipinski definition) is 4. The van der Waals surface area contributed by atoms with Crippen molar-refractivity contribution in [3.05, 3.63) is 23.3 Å². The van der Waals surface area contributed by atoms with E-state index in [-0.39, 0.29) is 6.61 Å². The molecule has 0 aromatic heterocycles. The molecule has 4 heteroatoms. The molecule has 1 aromatic carbocycles. The quantitative estimate of drug-likeness (QED) is 0.796. The maximum absolute atomic E-state index is 9.06. The lowest BCUT2D eigenvalue weighted by molar-refractivity contribution is 0.179. The Morgan fingerprint density at radius 3 is 2.00 bits per heavy atom. The molecule has 90 valence electrons. The summed E-state index contributed by atoms with van der Waals surface area (Å²) in [6, 6.07) is 3.68. The molecule has 0 aliphatic rings. The molecule has 0 saturated heterocycles. The number of rotatable bonds is 6. The van der Waals surface area contributed by atoms with E-state index in [4.69, 9.17) is 19.3 Å². The van der Waals surface area contributed by atoms with Gasteiger partial charge in [-0.1, -0.05) is 0 Å². The van der Waals surface area contributed by atoms with Gasteiger partial charge in [-0.15, -0.1) is 0 Å². The van der Waals surface area contributed by atoms with Crippen LogP contribution in [0.4, 0.5) is 0 Å². The number of benzene rings is 1. The maximum atomic E-state index is 9.06. The van der Waals surface area contributed by atoms with Gasteiger partial charge < -0.3 is 19.3 Å².